The highest BCUT2D eigenvalue weighted by Gasteiger charge is 2.47. The number of carbonyl (C=O) groups excluding carboxylic acids is 2. The number of hydrogen-bond acceptors (Lipinski definition) is 12. The van der Waals surface area contributed by atoms with Crippen molar-refractivity contribution in [2.75, 3.05) is 19.8 Å². The second-order valence-corrected chi connectivity index (χ2v) is 18.9. The minimum atomic E-state index is -5.02. The van der Waals surface area contributed by atoms with Gasteiger partial charge in [0.25, 0.3) is 0 Å². The van der Waals surface area contributed by atoms with Crippen molar-refractivity contribution in [1.29, 1.82) is 0 Å². The summed E-state index contributed by atoms with van der Waals surface area (Å²) in [4.78, 5) is 35.8. The van der Waals surface area contributed by atoms with E-state index in [2.05, 4.69) is 13.8 Å². The van der Waals surface area contributed by atoms with E-state index in [1.54, 1.807) is 0 Å². The second kappa shape index (κ2) is 39.2. The molecule has 1 rings (SSSR count). The molecule has 7 atom stereocenters. The maximum absolute atomic E-state index is 12.8. The molecule has 0 aliphatic carbocycles. The summed E-state index contributed by atoms with van der Waals surface area (Å²) in [6, 6.07) is 0. The summed E-state index contributed by atoms with van der Waals surface area (Å²) in [5, 5.41) is 39.6. The molecule has 1 saturated heterocycles. The van der Waals surface area contributed by atoms with Crippen LogP contribution in [0, 0.1) is 0 Å². The first-order chi connectivity index (χ1) is 29.5. The normalized spacial score (nSPS) is 20.7. The fourth-order valence-corrected chi connectivity index (χ4v) is 8.60. The first-order valence-electron chi connectivity index (χ1n) is 24.9. The predicted molar refractivity (Wildman–Crippen MR) is 240 cm³/mol. The second-order valence-electron chi connectivity index (χ2n) is 17.5. The lowest BCUT2D eigenvalue weighted by atomic mass is 10.00. The zero-order valence-electron chi connectivity index (χ0n) is 38.6. The molecule has 0 amide bonds. The molecule has 0 spiro atoms. The fraction of sp³-hybridized carbons (Fsp3) is 0.957. The van der Waals surface area contributed by atoms with E-state index in [1.165, 1.54) is 154 Å². The van der Waals surface area contributed by atoms with Crippen LogP contribution in [0.25, 0.3) is 0 Å². The molecule has 13 nitrogen and oxygen atoms in total. The number of unbranched alkanes of at least 4 members (excludes halogenated alkanes) is 30. The average molecular weight is 895 g/mol. The van der Waals surface area contributed by atoms with Gasteiger partial charge in [-0.3, -0.25) is 18.6 Å². The minimum Gasteiger partial charge on any atom is -0.462 e. The Kier molecular flexibility index (Phi) is 37.2. The molecular formula is C47H91O13P. The molecule has 1 fully saturated rings. The maximum Gasteiger partial charge on any atom is 0.474 e. The minimum absolute atomic E-state index is 0.125. The van der Waals surface area contributed by atoms with Crippen LogP contribution in [0.5, 0.6) is 0 Å². The van der Waals surface area contributed by atoms with Crippen molar-refractivity contribution in [3.63, 3.8) is 0 Å². The van der Waals surface area contributed by atoms with E-state index in [1.807, 2.05) is 0 Å². The molecule has 1 heterocycles. The van der Waals surface area contributed by atoms with Gasteiger partial charge in [-0.15, -0.1) is 0 Å². The van der Waals surface area contributed by atoms with Gasteiger partial charge in [0.1, 0.15) is 31.0 Å². The monoisotopic (exact) mass is 895 g/mol. The Labute approximate surface area is 370 Å². The Hall–Kier alpha value is -1.15. The molecule has 61 heavy (non-hydrogen) atoms. The van der Waals surface area contributed by atoms with Crippen molar-refractivity contribution < 1.29 is 62.7 Å². The summed E-state index contributed by atoms with van der Waals surface area (Å²) in [5.41, 5.74) is 0. The summed E-state index contributed by atoms with van der Waals surface area (Å²) in [5.74, 6) is -1.04. The van der Waals surface area contributed by atoms with Crippen LogP contribution in [0.15, 0.2) is 0 Å². The van der Waals surface area contributed by atoms with Gasteiger partial charge in [0.05, 0.1) is 13.2 Å². The third kappa shape index (κ3) is 32.2. The Morgan fingerprint density at radius 1 is 0.525 bits per heavy atom. The van der Waals surface area contributed by atoms with Crippen LogP contribution in [-0.2, 0) is 37.4 Å². The first kappa shape index (κ1) is 57.9. The van der Waals surface area contributed by atoms with Crippen molar-refractivity contribution in [2.24, 2.45) is 0 Å². The summed E-state index contributed by atoms with van der Waals surface area (Å²) in [6.07, 6.45) is 29.3. The molecule has 1 aliphatic rings. The van der Waals surface area contributed by atoms with Crippen LogP contribution in [-0.4, -0.2) is 93.9 Å². The Morgan fingerprint density at radius 3 is 1.26 bits per heavy atom. The zero-order chi connectivity index (χ0) is 44.8. The first-order valence-corrected chi connectivity index (χ1v) is 26.4. The van der Waals surface area contributed by atoms with E-state index in [-0.39, 0.29) is 12.8 Å². The Balaban J connectivity index is 2.39. The summed E-state index contributed by atoms with van der Waals surface area (Å²) in [6.45, 7) is 2.66. The standard InChI is InChI=1S/C47H91O13P/c1-3-5-7-9-11-13-15-17-19-20-22-24-26-28-30-32-34-36-43(50)58-40(39-57-61(54,55)60-47-46(53)45(52)44(51)41(37-48)59-47)38-56-42(49)35-33-31-29-27-25-23-21-18-16-14-12-10-8-6-4-2/h40-41,44-48,51-53H,3-39H2,1-2H3,(H,54,55)/t40?,41?,44-,45?,46?,47+/m1/s1. The lowest BCUT2D eigenvalue weighted by Gasteiger charge is -2.39. The van der Waals surface area contributed by atoms with E-state index in [4.69, 9.17) is 23.3 Å². The Morgan fingerprint density at radius 2 is 0.885 bits per heavy atom. The third-order valence-electron chi connectivity index (χ3n) is 11.7. The van der Waals surface area contributed by atoms with Gasteiger partial charge >= 0.3 is 19.8 Å². The van der Waals surface area contributed by atoms with Crippen LogP contribution in [0.2, 0.25) is 0 Å². The molecule has 0 bridgehead atoms. The Bertz CT molecular complexity index is 1080. The van der Waals surface area contributed by atoms with Crippen molar-refractivity contribution in [2.45, 2.75) is 269 Å². The van der Waals surface area contributed by atoms with Gasteiger partial charge in [-0.2, -0.15) is 0 Å². The molecule has 0 aromatic heterocycles. The number of hydrogen-bond donors (Lipinski definition) is 5. The number of phosphoric ester groups is 1. The van der Waals surface area contributed by atoms with Gasteiger partial charge in [0, 0.05) is 12.8 Å². The molecule has 362 valence electrons. The lowest BCUT2D eigenvalue weighted by Crippen LogP contribution is -2.58. The number of phosphoric acid groups is 1. The van der Waals surface area contributed by atoms with E-state index in [9.17, 15) is 39.5 Å². The van der Waals surface area contributed by atoms with E-state index in [0.717, 1.165) is 38.5 Å². The number of esters is 2. The maximum atomic E-state index is 12.8. The van der Waals surface area contributed by atoms with E-state index >= 15 is 0 Å². The van der Waals surface area contributed by atoms with Crippen LogP contribution in [0.4, 0.5) is 0 Å². The highest BCUT2D eigenvalue weighted by molar-refractivity contribution is 7.47. The van der Waals surface area contributed by atoms with Gasteiger partial charge in [0.2, 0.25) is 0 Å². The molecular weight excluding hydrogens is 803 g/mol. The molecule has 1 aliphatic heterocycles. The number of rotatable bonds is 43. The lowest BCUT2D eigenvalue weighted by molar-refractivity contribution is -0.281. The van der Waals surface area contributed by atoms with E-state index < -0.39 is 76.4 Å². The number of carbonyl (C=O) groups is 2. The largest absolute Gasteiger partial charge is 0.474 e. The molecule has 5 unspecified atom stereocenters. The van der Waals surface area contributed by atoms with Gasteiger partial charge in [-0.1, -0.05) is 206 Å². The highest BCUT2D eigenvalue weighted by Crippen LogP contribution is 2.46. The highest BCUT2D eigenvalue weighted by atomic mass is 31.2. The number of ether oxygens (including phenoxy) is 3. The van der Waals surface area contributed by atoms with Gasteiger partial charge in [-0.25, -0.2) is 4.57 Å². The smallest absolute Gasteiger partial charge is 0.462 e. The average Bonchev–Trinajstić information content (AvgIpc) is 3.24. The number of aliphatic hydroxyl groups is 4. The number of aliphatic hydroxyl groups excluding tert-OH is 4. The molecule has 14 heteroatoms. The van der Waals surface area contributed by atoms with Gasteiger partial charge < -0.3 is 39.5 Å². The van der Waals surface area contributed by atoms with E-state index in [0.29, 0.717) is 12.8 Å². The van der Waals surface area contributed by atoms with Gasteiger partial charge in [-0.05, 0) is 12.8 Å². The van der Waals surface area contributed by atoms with Crippen molar-refractivity contribution in [1.82, 2.24) is 0 Å². The summed E-state index contributed by atoms with van der Waals surface area (Å²) in [7, 11) is -5.02. The fourth-order valence-electron chi connectivity index (χ4n) is 7.75. The summed E-state index contributed by atoms with van der Waals surface area (Å²) < 4.78 is 38.8. The summed E-state index contributed by atoms with van der Waals surface area (Å²) >= 11 is 0. The molecule has 0 saturated carbocycles. The van der Waals surface area contributed by atoms with Crippen LogP contribution < -0.4 is 0 Å². The third-order valence-corrected chi connectivity index (χ3v) is 12.7. The van der Waals surface area contributed by atoms with Crippen LogP contribution in [0.3, 0.4) is 0 Å². The van der Waals surface area contributed by atoms with Crippen molar-refractivity contribution in [3.8, 4) is 0 Å². The zero-order valence-corrected chi connectivity index (χ0v) is 39.5. The van der Waals surface area contributed by atoms with Gasteiger partial charge in [0.15, 0.2) is 12.4 Å². The molecule has 0 radical (unpaired) electrons. The van der Waals surface area contributed by atoms with Crippen molar-refractivity contribution >= 4 is 19.8 Å². The van der Waals surface area contributed by atoms with Crippen molar-refractivity contribution in [3.05, 3.63) is 0 Å². The van der Waals surface area contributed by atoms with Crippen LogP contribution in [0.1, 0.15) is 232 Å². The topological polar surface area (TPSA) is 199 Å². The molecule has 5 N–H and O–H groups in total. The molecule has 0 aromatic carbocycles. The quantitative estimate of drug-likeness (QED) is 0.0220. The predicted octanol–water partition coefficient (Wildman–Crippen LogP) is 10.7. The SMILES string of the molecule is CCCCCCCCCCCCCCCCCCCC(=O)OC(COC(=O)CCCCCCCCCCCCCCCCC)COP(=O)(O)O[C@@H]1OC(CO)[C@@H](O)C(O)C1O. The molecule has 0 aromatic rings. The van der Waals surface area contributed by atoms with Crippen LogP contribution >= 0.6 is 7.82 Å².